The van der Waals surface area contributed by atoms with E-state index in [0.717, 1.165) is 33.8 Å². The zero-order valence-corrected chi connectivity index (χ0v) is 14.8. The molecule has 4 nitrogen and oxygen atoms in total. The Morgan fingerprint density at radius 1 is 0.852 bits per heavy atom. The highest BCUT2D eigenvalue weighted by molar-refractivity contribution is 5.94. The maximum Gasteiger partial charge on any atom is 0.220 e. The van der Waals surface area contributed by atoms with Crippen molar-refractivity contribution in [1.82, 2.24) is 14.0 Å². The van der Waals surface area contributed by atoms with Crippen LogP contribution in [0.2, 0.25) is 0 Å². The van der Waals surface area contributed by atoms with E-state index < -0.39 is 0 Å². The number of para-hydroxylation sites is 2. The molecule has 0 N–H and O–H groups in total. The van der Waals surface area contributed by atoms with Crippen molar-refractivity contribution in [2.45, 2.75) is 6.92 Å². The largest absolute Gasteiger partial charge is 0.295 e. The fraction of sp³-hybridized carbons (Fsp3) is 0.0435. The van der Waals surface area contributed by atoms with Gasteiger partial charge in [0.15, 0.2) is 5.78 Å². The lowest BCUT2D eigenvalue weighted by atomic mass is 10.1. The lowest BCUT2D eigenvalue weighted by molar-refractivity contribution is 0.101. The molecule has 0 aliphatic heterocycles. The molecule has 5 rings (SSSR count). The summed E-state index contributed by atoms with van der Waals surface area (Å²) in [4.78, 5) is 16.5. The molecular formula is C23H17N3O. The van der Waals surface area contributed by atoms with Crippen molar-refractivity contribution in [3.8, 4) is 16.9 Å². The van der Waals surface area contributed by atoms with E-state index in [1.54, 1.807) is 6.92 Å². The minimum atomic E-state index is 0.0639. The van der Waals surface area contributed by atoms with E-state index in [1.807, 2.05) is 60.7 Å². The molecule has 0 spiro atoms. The summed E-state index contributed by atoms with van der Waals surface area (Å²) in [5, 5.41) is 0. The van der Waals surface area contributed by atoms with Crippen molar-refractivity contribution in [1.29, 1.82) is 0 Å². The SMILES string of the molecule is CC(=O)c1ccc(-n2c(-c3ccccc3)cn3c4ccccc4nc23)cc1. The number of imidazole rings is 2. The summed E-state index contributed by atoms with van der Waals surface area (Å²) in [7, 11) is 0. The summed E-state index contributed by atoms with van der Waals surface area (Å²) < 4.78 is 4.26. The number of Topliss-reactive ketones (excluding diaryl/α,β-unsaturated/α-hetero) is 1. The number of hydrogen-bond donors (Lipinski definition) is 0. The minimum Gasteiger partial charge on any atom is -0.295 e. The van der Waals surface area contributed by atoms with Crippen LogP contribution < -0.4 is 0 Å². The van der Waals surface area contributed by atoms with Gasteiger partial charge in [0, 0.05) is 23.0 Å². The van der Waals surface area contributed by atoms with Crippen molar-refractivity contribution in [2.24, 2.45) is 0 Å². The van der Waals surface area contributed by atoms with Crippen LogP contribution in [0.15, 0.2) is 85.1 Å². The lowest BCUT2D eigenvalue weighted by Gasteiger charge is -2.09. The molecular weight excluding hydrogens is 334 g/mol. The number of carbonyl (C=O) groups excluding carboxylic acids is 1. The van der Waals surface area contributed by atoms with Crippen molar-refractivity contribution in [3.63, 3.8) is 0 Å². The average Bonchev–Trinajstić information content (AvgIpc) is 3.25. The maximum atomic E-state index is 11.6. The Morgan fingerprint density at radius 3 is 2.30 bits per heavy atom. The van der Waals surface area contributed by atoms with Crippen LogP contribution in [-0.4, -0.2) is 19.7 Å². The molecule has 0 bridgehead atoms. The number of ketones is 1. The van der Waals surface area contributed by atoms with Gasteiger partial charge in [0.05, 0.1) is 16.7 Å². The number of nitrogens with zero attached hydrogens (tertiary/aromatic N) is 3. The van der Waals surface area contributed by atoms with Gasteiger partial charge in [0.1, 0.15) is 0 Å². The first-order valence-electron chi connectivity index (χ1n) is 8.88. The van der Waals surface area contributed by atoms with E-state index in [2.05, 4.69) is 33.4 Å². The average molecular weight is 351 g/mol. The van der Waals surface area contributed by atoms with E-state index in [9.17, 15) is 4.79 Å². The predicted molar refractivity (Wildman–Crippen MR) is 107 cm³/mol. The monoisotopic (exact) mass is 351 g/mol. The third-order valence-corrected chi connectivity index (χ3v) is 4.87. The van der Waals surface area contributed by atoms with Gasteiger partial charge in [0.25, 0.3) is 0 Å². The molecule has 0 fully saturated rings. The van der Waals surface area contributed by atoms with Crippen LogP contribution in [0.4, 0.5) is 0 Å². The topological polar surface area (TPSA) is 39.3 Å². The molecule has 0 saturated carbocycles. The van der Waals surface area contributed by atoms with Gasteiger partial charge in [-0.1, -0.05) is 42.5 Å². The predicted octanol–water partition coefficient (Wildman–Crippen LogP) is 5.15. The lowest BCUT2D eigenvalue weighted by Crippen LogP contribution is -1.99. The van der Waals surface area contributed by atoms with Gasteiger partial charge in [-0.15, -0.1) is 0 Å². The fourth-order valence-electron chi connectivity index (χ4n) is 3.52. The van der Waals surface area contributed by atoms with Crippen LogP contribution >= 0.6 is 0 Å². The highest BCUT2D eigenvalue weighted by Gasteiger charge is 2.16. The van der Waals surface area contributed by atoms with Gasteiger partial charge in [-0.3, -0.25) is 13.8 Å². The number of hydrogen-bond acceptors (Lipinski definition) is 2. The number of aromatic nitrogens is 3. The smallest absolute Gasteiger partial charge is 0.220 e. The molecule has 0 unspecified atom stereocenters. The summed E-state index contributed by atoms with van der Waals surface area (Å²) >= 11 is 0. The van der Waals surface area contributed by atoms with E-state index >= 15 is 0 Å². The summed E-state index contributed by atoms with van der Waals surface area (Å²) in [6.07, 6.45) is 2.12. The first-order valence-corrected chi connectivity index (χ1v) is 8.88. The molecule has 2 aromatic heterocycles. The third kappa shape index (κ3) is 2.46. The summed E-state index contributed by atoms with van der Waals surface area (Å²) in [6.45, 7) is 1.58. The summed E-state index contributed by atoms with van der Waals surface area (Å²) in [5.74, 6) is 0.916. The highest BCUT2D eigenvalue weighted by Crippen LogP contribution is 2.29. The second-order valence-electron chi connectivity index (χ2n) is 6.59. The molecule has 0 aliphatic carbocycles. The van der Waals surface area contributed by atoms with Crippen LogP contribution in [0.5, 0.6) is 0 Å². The van der Waals surface area contributed by atoms with Crippen molar-refractivity contribution in [2.75, 3.05) is 0 Å². The quantitative estimate of drug-likeness (QED) is 0.422. The Morgan fingerprint density at radius 2 is 1.56 bits per heavy atom. The zero-order valence-electron chi connectivity index (χ0n) is 14.8. The highest BCUT2D eigenvalue weighted by atomic mass is 16.1. The van der Waals surface area contributed by atoms with E-state index in [1.165, 1.54) is 0 Å². The van der Waals surface area contributed by atoms with E-state index in [-0.39, 0.29) is 5.78 Å². The Bertz CT molecular complexity index is 1280. The van der Waals surface area contributed by atoms with Crippen molar-refractivity contribution >= 4 is 22.6 Å². The molecule has 0 atom stereocenters. The van der Waals surface area contributed by atoms with Crippen LogP contribution in [0.25, 0.3) is 33.8 Å². The first kappa shape index (κ1) is 15.6. The van der Waals surface area contributed by atoms with Gasteiger partial charge in [-0.2, -0.15) is 0 Å². The van der Waals surface area contributed by atoms with Crippen LogP contribution in [0, 0.1) is 0 Å². The van der Waals surface area contributed by atoms with Gasteiger partial charge in [-0.25, -0.2) is 4.98 Å². The molecule has 0 amide bonds. The second kappa shape index (κ2) is 5.95. The molecule has 0 radical (unpaired) electrons. The van der Waals surface area contributed by atoms with E-state index in [0.29, 0.717) is 5.56 Å². The molecule has 130 valence electrons. The number of carbonyl (C=O) groups is 1. The summed E-state index contributed by atoms with van der Waals surface area (Å²) in [5.41, 5.74) is 5.88. The summed E-state index contributed by atoms with van der Waals surface area (Å²) in [6, 6.07) is 26.1. The minimum absolute atomic E-state index is 0.0639. The van der Waals surface area contributed by atoms with Crippen molar-refractivity contribution < 1.29 is 4.79 Å². The Hall–Kier alpha value is -3.66. The Labute approximate surface area is 156 Å². The number of rotatable bonds is 3. The first-order chi connectivity index (χ1) is 13.2. The van der Waals surface area contributed by atoms with Crippen LogP contribution in [0.1, 0.15) is 17.3 Å². The molecule has 2 heterocycles. The van der Waals surface area contributed by atoms with Crippen LogP contribution in [0.3, 0.4) is 0 Å². The Kier molecular flexibility index (Phi) is 3.44. The molecule has 3 aromatic carbocycles. The second-order valence-corrected chi connectivity index (χ2v) is 6.59. The molecule has 4 heteroatoms. The molecule has 0 saturated heterocycles. The van der Waals surface area contributed by atoms with E-state index in [4.69, 9.17) is 4.98 Å². The molecule has 0 aliphatic rings. The number of fused-ring (bicyclic) bond motifs is 3. The molecule has 27 heavy (non-hydrogen) atoms. The van der Waals surface area contributed by atoms with Gasteiger partial charge in [0.2, 0.25) is 5.78 Å². The van der Waals surface area contributed by atoms with Gasteiger partial charge >= 0.3 is 0 Å². The number of benzene rings is 3. The third-order valence-electron chi connectivity index (χ3n) is 4.87. The standard InChI is InChI=1S/C23H17N3O/c1-16(27)17-11-13-19(14-12-17)26-22(18-7-3-2-4-8-18)15-25-21-10-6-5-9-20(21)24-23(25)26/h2-15H,1H3. The van der Waals surface area contributed by atoms with Crippen LogP contribution in [-0.2, 0) is 0 Å². The molecule has 5 aromatic rings. The van der Waals surface area contributed by atoms with Gasteiger partial charge < -0.3 is 0 Å². The van der Waals surface area contributed by atoms with Crippen molar-refractivity contribution in [3.05, 3.63) is 90.6 Å². The zero-order chi connectivity index (χ0) is 18.4. The maximum absolute atomic E-state index is 11.6. The van der Waals surface area contributed by atoms with Gasteiger partial charge in [-0.05, 0) is 43.3 Å². The fourth-order valence-corrected chi connectivity index (χ4v) is 3.52. The normalized spacial score (nSPS) is 11.3. The Balaban J connectivity index is 1.83.